The van der Waals surface area contributed by atoms with Crippen molar-refractivity contribution in [1.29, 1.82) is 0 Å². The van der Waals surface area contributed by atoms with Crippen LogP contribution in [-0.4, -0.2) is 31.9 Å². The van der Waals surface area contributed by atoms with Crippen LogP contribution in [-0.2, 0) is 4.79 Å². The number of rotatable bonds is 8. The van der Waals surface area contributed by atoms with Gasteiger partial charge in [0.2, 0.25) is 0 Å². The molecule has 0 aliphatic carbocycles. The Hall–Kier alpha value is -2.77. The molecule has 4 N–H and O–H groups in total. The lowest BCUT2D eigenvalue weighted by Gasteiger charge is -2.20. The third-order valence-electron chi connectivity index (χ3n) is 3.49. The van der Waals surface area contributed by atoms with Crippen molar-refractivity contribution >= 4 is 5.97 Å². The fraction of sp³-hybridized carbons (Fsp3) is 0.235. The number of methoxy groups -OCH3 is 2. The van der Waals surface area contributed by atoms with Crippen LogP contribution in [0.2, 0.25) is 0 Å². The first-order chi connectivity index (χ1) is 11.6. The van der Waals surface area contributed by atoms with Crippen molar-refractivity contribution in [2.75, 3.05) is 20.8 Å². The highest BCUT2D eigenvalue weighted by Crippen LogP contribution is 2.33. The quantitative estimate of drug-likeness (QED) is 0.499. The van der Waals surface area contributed by atoms with Crippen molar-refractivity contribution in [2.45, 2.75) is 6.04 Å². The van der Waals surface area contributed by atoms with Crippen molar-refractivity contribution in [3.05, 3.63) is 53.6 Å². The lowest BCUT2D eigenvalue weighted by Crippen LogP contribution is -2.29. The van der Waals surface area contributed by atoms with Crippen LogP contribution in [0.5, 0.6) is 17.2 Å². The number of hydrogen-bond acceptors (Lipinski definition) is 6. The van der Waals surface area contributed by atoms with Gasteiger partial charge in [0, 0.05) is 11.6 Å². The second-order valence-electron chi connectivity index (χ2n) is 4.96. The second-order valence-corrected chi connectivity index (χ2v) is 4.96. The maximum Gasteiger partial charge on any atom is 0.341 e. The summed E-state index contributed by atoms with van der Waals surface area (Å²) in [7, 11) is 3.16. The van der Waals surface area contributed by atoms with Gasteiger partial charge in [0.25, 0.3) is 0 Å². The van der Waals surface area contributed by atoms with Crippen LogP contribution in [0.1, 0.15) is 17.2 Å². The fourth-order valence-corrected chi connectivity index (χ4v) is 2.32. The summed E-state index contributed by atoms with van der Waals surface area (Å²) in [6.45, 7) is -0.385. The predicted molar refractivity (Wildman–Crippen MR) is 88.3 cm³/mol. The standard InChI is InChI=1S/C17H20N2O5/c1-22-13-7-8-14(15(9-13)23-2)17(19-18)11-3-5-12(6-4-11)24-10-16(20)21/h3-9,17,19H,10,18H2,1-2H3,(H,20,21). The maximum atomic E-state index is 10.5. The Bertz CT molecular complexity index is 688. The number of carbonyl (C=O) groups is 1. The molecule has 128 valence electrons. The van der Waals surface area contributed by atoms with E-state index in [1.54, 1.807) is 32.4 Å². The fourth-order valence-electron chi connectivity index (χ4n) is 2.32. The number of benzene rings is 2. The van der Waals surface area contributed by atoms with E-state index in [9.17, 15) is 4.79 Å². The maximum absolute atomic E-state index is 10.5. The third kappa shape index (κ3) is 4.15. The van der Waals surface area contributed by atoms with Crippen LogP contribution in [0.4, 0.5) is 0 Å². The number of nitrogens with two attached hydrogens (primary N) is 1. The van der Waals surface area contributed by atoms with E-state index in [0.29, 0.717) is 17.2 Å². The molecule has 0 fully saturated rings. The van der Waals surface area contributed by atoms with Gasteiger partial charge in [-0.1, -0.05) is 12.1 Å². The zero-order valence-electron chi connectivity index (χ0n) is 13.5. The molecule has 7 nitrogen and oxygen atoms in total. The monoisotopic (exact) mass is 332 g/mol. The Morgan fingerprint density at radius 3 is 2.33 bits per heavy atom. The summed E-state index contributed by atoms with van der Waals surface area (Å²) in [5.41, 5.74) is 4.49. The highest BCUT2D eigenvalue weighted by molar-refractivity contribution is 5.68. The van der Waals surface area contributed by atoms with Crippen molar-refractivity contribution < 1.29 is 24.1 Å². The SMILES string of the molecule is COc1ccc(C(NN)c2ccc(OCC(=O)O)cc2)c(OC)c1. The third-order valence-corrected chi connectivity index (χ3v) is 3.49. The zero-order chi connectivity index (χ0) is 17.5. The van der Waals surface area contributed by atoms with Gasteiger partial charge in [-0.25, -0.2) is 10.2 Å². The first-order valence-electron chi connectivity index (χ1n) is 7.21. The van der Waals surface area contributed by atoms with E-state index in [4.69, 9.17) is 25.2 Å². The molecule has 0 saturated heterocycles. The molecular formula is C17H20N2O5. The highest BCUT2D eigenvalue weighted by atomic mass is 16.5. The van der Waals surface area contributed by atoms with Crippen LogP contribution < -0.4 is 25.5 Å². The van der Waals surface area contributed by atoms with Gasteiger partial charge in [-0.15, -0.1) is 0 Å². The van der Waals surface area contributed by atoms with Gasteiger partial charge < -0.3 is 19.3 Å². The Kier molecular flexibility index (Phi) is 6.00. The smallest absolute Gasteiger partial charge is 0.341 e. The minimum atomic E-state index is -1.02. The zero-order valence-corrected chi connectivity index (χ0v) is 13.5. The summed E-state index contributed by atoms with van der Waals surface area (Å²) in [6.07, 6.45) is 0. The molecule has 0 amide bonds. The van der Waals surface area contributed by atoms with Gasteiger partial charge in [-0.2, -0.15) is 0 Å². The number of carboxylic acid groups (broad SMARTS) is 1. The largest absolute Gasteiger partial charge is 0.497 e. The molecule has 0 aromatic heterocycles. The molecule has 0 aliphatic rings. The molecule has 1 atom stereocenters. The second kappa shape index (κ2) is 8.19. The lowest BCUT2D eigenvalue weighted by molar-refractivity contribution is -0.139. The van der Waals surface area contributed by atoms with E-state index in [-0.39, 0.29) is 12.6 Å². The Morgan fingerprint density at radius 1 is 1.12 bits per heavy atom. The topological polar surface area (TPSA) is 103 Å². The molecule has 0 bridgehead atoms. The molecule has 2 aromatic carbocycles. The predicted octanol–water partition coefficient (Wildman–Crippen LogP) is 1.72. The van der Waals surface area contributed by atoms with E-state index < -0.39 is 5.97 Å². The van der Waals surface area contributed by atoms with Gasteiger partial charge in [-0.05, 0) is 29.8 Å². The Morgan fingerprint density at radius 2 is 1.79 bits per heavy atom. The van der Waals surface area contributed by atoms with Crippen LogP contribution in [0.3, 0.4) is 0 Å². The number of hydrazine groups is 1. The normalized spacial score (nSPS) is 11.6. The molecule has 24 heavy (non-hydrogen) atoms. The van der Waals surface area contributed by atoms with Gasteiger partial charge in [-0.3, -0.25) is 5.84 Å². The summed E-state index contributed by atoms with van der Waals surface area (Å²) < 4.78 is 15.7. The Labute approximate surface area is 139 Å². The van der Waals surface area contributed by atoms with E-state index >= 15 is 0 Å². The van der Waals surface area contributed by atoms with Gasteiger partial charge in [0.05, 0.1) is 20.3 Å². The lowest BCUT2D eigenvalue weighted by atomic mass is 9.98. The molecule has 0 spiro atoms. The van der Waals surface area contributed by atoms with Crippen molar-refractivity contribution in [1.82, 2.24) is 5.43 Å². The van der Waals surface area contributed by atoms with Gasteiger partial charge in [0.15, 0.2) is 6.61 Å². The number of hydrogen-bond donors (Lipinski definition) is 3. The number of aliphatic carboxylic acids is 1. The average Bonchev–Trinajstić information content (AvgIpc) is 2.61. The molecule has 0 aliphatic heterocycles. The number of nitrogens with one attached hydrogen (secondary N) is 1. The molecule has 0 radical (unpaired) electrons. The van der Waals surface area contributed by atoms with Crippen molar-refractivity contribution in [3.8, 4) is 17.2 Å². The molecule has 0 saturated carbocycles. The summed E-state index contributed by atoms with van der Waals surface area (Å²) >= 11 is 0. The van der Waals surface area contributed by atoms with Crippen LogP contribution in [0.15, 0.2) is 42.5 Å². The van der Waals surface area contributed by atoms with Gasteiger partial charge in [0.1, 0.15) is 17.2 Å². The van der Waals surface area contributed by atoms with E-state index in [1.165, 1.54) is 0 Å². The summed E-state index contributed by atoms with van der Waals surface area (Å²) in [4.78, 5) is 10.5. The molecular weight excluding hydrogens is 312 g/mol. The van der Waals surface area contributed by atoms with Crippen molar-refractivity contribution in [3.63, 3.8) is 0 Å². The Balaban J connectivity index is 2.26. The van der Waals surface area contributed by atoms with E-state index in [1.807, 2.05) is 24.3 Å². The number of carboxylic acids is 1. The minimum Gasteiger partial charge on any atom is -0.497 e. The average molecular weight is 332 g/mol. The first kappa shape index (κ1) is 17.6. The van der Waals surface area contributed by atoms with Gasteiger partial charge >= 0.3 is 5.97 Å². The molecule has 0 heterocycles. The summed E-state index contributed by atoms with van der Waals surface area (Å²) in [5.74, 6) is 6.49. The van der Waals surface area contributed by atoms with E-state index in [0.717, 1.165) is 11.1 Å². The molecule has 2 rings (SSSR count). The summed E-state index contributed by atoms with van der Waals surface area (Å²) in [6, 6.07) is 12.2. The summed E-state index contributed by atoms with van der Waals surface area (Å²) in [5, 5.41) is 8.63. The van der Waals surface area contributed by atoms with Crippen LogP contribution >= 0.6 is 0 Å². The van der Waals surface area contributed by atoms with Crippen molar-refractivity contribution in [2.24, 2.45) is 5.84 Å². The van der Waals surface area contributed by atoms with Crippen LogP contribution in [0.25, 0.3) is 0 Å². The molecule has 7 heteroatoms. The van der Waals surface area contributed by atoms with Crippen LogP contribution in [0, 0.1) is 0 Å². The minimum absolute atomic E-state index is 0.306. The molecule has 1 unspecified atom stereocenters. The molecule has 2 aromatic rings. The number of ether oxygens (including phenoxy) is 3. The highest BCUT2D eigenvalue weighted by Gasteiger charge is 2.18. The first-order valence-corrected chi connectivity index (χ1v) is 7.21. The van der Waals surface area contributed by atoms with E-state index in [2.05, 4.69) is 5.43 Å².